The second-order valence-electron chi connectivity index (χ2n) is 4.59. The molecule has 0 saturated carbocycles. The topological polar surface area (TPSA) is 35.2 Å². The van der Waals surface area contributed by atoms with Crippen LogP contribution in [0.25, 0.3) is 0 Å². The van der Waals surface area contributed by atoms with E-state index in [9.17, 15) is 13.2 Å². The minimum absolute atomic E-state index is 0.0371. The van der Waals surface area contributed by atoms with E-state index in [2.05, 4.69) is 0 Å². The highest BCUT2D eigenvalue weighted by Crippen LogP contribution is 2.33. The van der Waals surface area contributed by atoms with Crippen LogP contribution in [0.2, 0.25) is 0 Å². The number of ether oxygens (including phenoxy) is 1. The summed E-state index contributed by atoms with van der Waals surface area (Å²) in [5.41, 5.74) is 5.59. The van der Waals surface area contributed by atoms with E-state index in [1.54, 1.807) is 6.07 Å². The smallest absolute Gasteiger partial charge is 0.376 e. The van der Waals surface area contributed by atoms with Crippen molar-refractivity contribution in [1.29, 1.82) is 0 Å². The Hall–Kier alpha value is -1.07. The molecule has 1 saturated heterocycles. The number of rotatable bonds is 2. The van der Waals surface area contributed by atoms with Gasteiger partial charge in [0.1, 0.15) is 0 Å². The summed E-state index contributed by atoms with van der Waals surface area (Å²) in [5.74, 6) is 0.0371. The summed E-state index contributed by atoms with van der Waals surface area (Å²) in [6.45, 7) is 0.915. The van der Waals surface area contributed by atoms with Gasteiger partial charge in [0, 0.05) is 12.5 Å². The molecule has 1 aliphatic rings. The molecule has 1 aromatic carbocycles. The van der Waals surface area contributed by atoms with Crippen LogP contribution in [0.5, 0.6) is 0 Å². The SMILES string of the molecule is NC[C@@H]1CC[C@H](c2cccc(C(F)(F)F)c2)CO1. The number of hydrogen-bond donors (Lipinski definition) is 1. The summed E-state index contributed by atoms with van der Waals surface area (Å²) >= 11 is 0. The average molecular weight is 259 g/mol. The zero-order valence-electron chi connectivity index (χ0n) is 9.91. The number of halogens is 3. The molecule has 0 unspecified atom stereocenters. The van der Waals surface area contributed by atoms with Gasteiger partial charge >= 0.3 is 6.18 Å². The number of hydrogen-bond acceptors (Lipinski definition) is 2. The van der Waals surface area contributed by atoms with Crippen LogP contribution < -0.4 is 5.73 Å². The Bertz CT molecular complexity index is 397. The summed E-state index contributed by atoms with van der Waals surface area (Å²) in [6.07, 6.45) is -2.61. The molecule has 2 nitrogen and oxygen atoms in total. The van der Waals surface area contributed by atoms with Gasteiger partial charge < -0.3 is 10.5 Å². The number of benzene rings is 1. The second kappa shape index (κ2) is 5.28. The van der Waals surface area contributed by atoms with Crippen molar-refractivity contribution < 1.29 is 17.9 Å². The molecular formula is C13H16F3NO. The van der Waals surface area contributed by atoms with Crippen LogP contribution in [0.15, 0.2) is 24.3 Å². The maximum Gasteiger partial charge on any atom is 0.416 e. The Morgan fingerprint density at radius 2 is 2.06 bits per heavy atom. The first-order valence-corrected chi connectivity index (χ1v) is 5.99. The van der Waals surface area contributed by atoms with Gasteiger partial charge in [0.2, 0.25) is 0 Å². The van der Waals surface area contributed by atoms with Gasteiger partial charge in [-0.15, -0.1) is 0 Å². The van der Waals surface area contributed by atoms with E-state index in [1.165, 1.54) is 12.1 Å². The quantitative estimate of drug-likeness (QED) is 0.886. The Kier molecular flexibility index (Phi) is 3.92. The van der Waals surface area contributed by atoms with Crippen molar-refractivity contribution in [3.8, 4) is 0 Å². The van der Waals surface area contributed by atoms with Crippen molar-refractivity contribution in [2.24, 2.45) is 5.73 Å². The molecule has 0 aromatic heterocycles. The Morgan fingerprint density at radius 1 is 1.28 bits per heavy atom. The Morgan fingerprint density at radius 3 is 2.61 bits per heavy atom. The standard InChI is InChI=1S/C13H16F3NO/c14-13(15,16)11-3-1-2-9(6-11)10-4-5-12(7-17)18-8-10/h1-3,6,10,12H,4-5,7-8,17H2/t10-,12-/m0/s1. The van der Waals surface area contributed by atoms with Crippen molar-refractivity contribution in [2.75, 3.05) is 13.2 Å². The lowest BCUT2D eigenvalue weighted by molar-refractivity contribution is -0.137. The minimum atomic E-state index is -4.29. The molecule has 0 aliphatic carbocycles. The van der Waals surface area contributed by atoms with E-state index in [-0.39, 0.29) is 12.0 Å². The monoisotopic (exact) mass is 259 g/mol. The highest BCUT2D eigenvalue weighted by molar-refractivity contribution is 5.28. The molecule has 0 bridgehead atoms. The Balaban J connectivity index is 2.10. The van der Waals surface area contributed by atoms with E-state index < -0.39 is 11.7 Å². The van der Waals surface area contributed by atoms with Crippen LogP contribution in [0, 0.1) is 0 Å². The van der Waals surface area contributed by atoms with E-state index >= 15 is 0 Å². The maximum absolute atomic E-state index is 12.6. The van der Waals surface area contributed by atoms with Gasteiger partial charge in [0.25, 0.3) is 0 Å². The molecule has 1 fully saturated rings. The van der Waals surface area contributed by atoms with Crippen LogP contribution >= 0.6 is 0 Å². The molecule has 1 aliphatic heterocycles. The van der Waals surface area contributed by atoms with Crippen LogP contribution in [-0.4, -0.2) is 19.3 Å². The maximum atomic E-state index is 12.6. The zero-order valence-corrected chi connectivity index (χ0v) is 9.91. The molecule has 0 radical (unpaired) electrons. The first-order chi connectivity index (χ1) is 8.50. The molecule has 2 rings (SSSR count). The molecule has 1 heterocycles. The van der Waals surface area contributed by atoms with E-state index in [4.69, 9.17) is 10.5 Å². The zero-order chi connectivity index (χ0) is 13.2. The van der Waals surface area contributed by atoms with Crippen LogP contribution in [-0.2, 0) is 10.9 Å². The predicted octanol–water partition coefficient (Wildman–Crippen LogP) is 2.93. The third kappa shape index (κ3) is 3.03. The second-order valence-corrected chi connectivity index (χ2v) is 4.59. The molecule has 1 aromatic rings. The van der Waals surface area contributed by atoms with Crippen molar-refractivity contribution in [2.45, 2.75) is 31.0 Å². The van der Waals surface area contributed by atoms with Crippen molar-refractivity contribution in [3.05, 3.63) is 35.4 Å². The predicted molar refractivity (Wildman–Crippen MR) is 62.2 cm³/mol. The van der Waals surface area contributed by atoms with Crippen molar-refractivity contribution >= 4 is 0 Å². The molecule has 2 N–H and O–H groups in total. The molecule has 5 heteroatoms. The normalized spacial score (nSPS) is 25.1. The third-order valence-electron chi connectivity index (χ3n) is 3.32. The van der Waals surface area contributed by atoms with Gasteiger partial charge in [-0.1, -0.05) is 18.2 Å². The molecule has 0 amide bonds. The summed E-state index contributed by atoms with van der Waals surface area (Å²) in [7, 11) is 0. The largest absolute Gasteiger partial charge is 0.416 e. The summed E-state index contributed by atoms with van der Waals surface area (Å²) in [5, 5.41) is 0. The lowest BCUT2D eigenvalue weighted by Gasteiger charge is -2.28. The summed E-state index contributed by atoms with van der Waals surface area (Å²) in [4.78, 5) is 0. The summed E-state index contributed by atoms with van der Waals surface area (Å²) < 4.78 is 43.3. The van der Waals surface area contributed by atoms with E-state index in [1.807, 2.05) is 0 Å². The minimum Gasteiger partial charge on any atom is -0.376 e. The molecular weight excluding hydrogens is 243 g/mol. The first-order valence-electron chi connectivity index (χ1n) is 5.99. The lowest BCUT2D eigenvalue weighted by atomic mass is 9.90. The highest BCUT2D eigenvalue weighted by Gasteiger charge is 2.31. The fraction of sp³-hybridized carbons (Fsp3) is 0.538. The fourth-order valence-electron chi connectivity index (χ4n) is 2.22. The van der Waals surface area contributed by atoms with Gasteiger partial charge in [-0.2, -0.15) is 13.2 Å². The molecule has 2 atom stereocenters. The molecule has 0 spiro atoms. The highest BCUT2D eigenvalue weighted by atomic mass is 19.4. The fourth-order valence-corrected chi connectivity index (χ4v) is 2.22. The van der Waals surface area contributed by atoms with E-state index in [0.717, 1.165) is 18.9 Å². The molecule has 18 heavy (non-hydrogen) atoms. The van der Waals surface area contributed by atoms with Crippen molar-refractivity contribution in [3.63, 3.8) is 0 Å². The number of nitrogens with two attached hydrogens (primary N) is 1. The van der Waals surface area contributed by atoms with E-state index in [0.29, 0.717) is 18.7 Å². The Labute approximate surface area is 104 Å². The van der Waals surface area contributed by atoms with Crippen molar-refractivity contribution in [1.82, 2.24) is 0 Å². The first kappa shape index (κ1) is 13.4. The van der Waals surface area contributed by atoms with Crippen LogP contribution in [0.3, 0.4) is 0 Å². The third-order valence-corrected chi connectivity index (χ3v) is 3.32. The summed E-state index contributed by atoms with van der Waals surface area (Å²) in [6, 6.07) is 5.49. The van der Waals surface area contributed by atoms with Gasteiger partial charge in [-0.25, -0.2) is 0 Å². The average Bonchev–Trinajstić information content (AvgIpc) is 2.38. The van der Waals surface area contributed by atoms with Gasteiger partial charge in [-0.3, -0.25) is 0 Å². The lowest BCUT2D eigenvalue weighted by Crippen LogP contribution is -2.30. The van der Waals surface area contributed by atoms with Gasteiger partial charge in [0.05, 0.1) is 18.3 Å². The number of alkyl halides is 3. The van der Waals surface area contributed by atoms with Crippen LogP contribution in [0.1, 0.15) is 29.9 Å². The van der Waals surface area contributed by atoms with Gasteiger partial charge in [-0.05, 0) is 24.5 Å². The molecule has 100 valence electrons. The van der Waals surface area contributed by atoms with Crippen LogP contribution in [0.4, 0.5) is 13.2 Å². The van der Waals surface area contributed by atoms with Gasteiger partial charge in [0.15, 0.2) is 0 Å².